The average Bonchev–Trinajstić information content (AvgIpc) is 3.05. The number of esters is 1. The maximum absolute atomic E-state index is 11.7. The number of hydrogen-bond donors (Lipinski definition) is 0. The highest BCUT2D eigenvalue weighted by Gasteiger charge is 2.30. The summed E-state index contributed by atoms with van der Waals surface area (Å²) in [4.78, 5) is 23.4. The van der Waals surface area contributed by atoms with Crippen molar-refractivity contribution >= 4 is 39.3 Å². The lowest BCUT2D eigenvalue weighted by Crippen LogP contribution is -2.10. The number of cyclic esters (lactones) is 1. The number of aryl methyl sites for hydroxylation is 3. The van der Waals surface area contributed by atoms with Gasteiger partial charge in [0, 0.05) is 16.7 Å². The second-order valence-corrected chi connectivity index (χ2v) is 7.45. The van der Waals surface area contributed by atoms with Crippen molar-refractivity contribution in [1.82, 2.24) is 9.97 Å². The summed E-state index contributed by atoms with van der Waals surface area (Å²) in [5.74, 6) is 0.678. The molecule has 20 heavy (non-hydrogen) atoms. The molecule has 0 N–H and O–H groups in total. The van der Waals surface area contributed by atoms with Gasteiger partial charge < -0.3 is 4.74 Å². The largest absolute Gasteiger partial charge is 0.465 e. The fraction of sp³-hybridized carbons (Fsp3) is 0.500. The monoisotopic (exact) mass is 306 g/mol. The minimum Gasteiger partial charge on any atom is -0.465 e. The predicted octanol–water partition coefficient (Wildman–Crippen LogP) is 2.90. The topological polar surface area (TPSA) is 52.1 Å². The van der Waals surface area contributed by atoms with E-state index < -0.39 is 0 Å². The first-order valence-electron chi connectivity index (χ1n) is 6.84. The minimum atomic E-state index is -0.107. The van der Waals surface area contributed by atoms with Crippen LogP contribution in [0.5, 0.6) is 0 Å². The molecule has 2 aromatic heterocycles. The molecule has 1 atom stereocenters. The van der Waals surface area contributed by atoms with Crippen LogP contribution < -0.4 is 0 Å². The van der Waals surface area contributed by atoms with Crippen LogP contribution in [0.4, 0.5) is 0 Å². The highest BCUT2D eigenvalue weighted by atomic mass is 32.2. The Morgan fingerprint density at radius 3 is 3.05 bits per heavy atom. The Labute approximate surface area is 124 Å². The number of nitrogens with zero attached hydrogens (tertiary/aromatic N) is 2. The summed E-state index contributed by atoms with van der Waals surface area (Å²) in [7, 11) is 0. The summed E-state index contributed by atoms with van der Waals surface area (Å²) < 4.78 is 5.05. The SMILES string of the molecule is Cc1nc(S[C@@H]2CCOC2=O)c2c3c(sc2n1)CCC3. The Bertz CT molecular complexity index is 711. The molecule has 0 bridgehead atoms. The number of fused-ring (bicyclic) bond motifs is 3. The molecule has 0 radical (unpaired) electrons. The number of ether oxygens (including phenoxy) is 1. The molecule has 1 aliphatic carbocycles. The van der Waals surface area contributed by atoms with Gasteiger partial charge in [0.2, 0.25) is 0 Å². The highest BCUT2D eigenvalue weighted by Crippen LogP contribution is 2.42. The van der Waals surface area contributed by atoms with Crippen LogP contribution in [0.25, 0.3) is 10.2 Å². The van der Waals surface area contributed by atoms with Crippen LogP contribution in [0.15, 0.2) is 5.03 Å². The van der Waals surface area contributed by atoms with Crippen molar-refractivity contribution in [3.63, 3.8) is 0 Å². The number of carbonyl (C=O) groups is 1. The zero-order valence-electron chi connectivity index (χ0n) is 11.1. The van der Waals surface area contributed by atoms with Gasteiger partial charge in [0.1, 0.15) is 20.9 Å². The van der Waals surface area contributed by atoms with Crippen molar-refractivity contribution in [3.8, 4) is 0 Å². The highest BCUT2D eigenvalue weighted by molar-refractivity contribution is 8.00. The van der Waals surface area contributed by atoms with Gasteiger partial charge in [-0.3, -0.25) is 4.79 Å². The predicted molar refractivity (Wildman–Crippen MR) is 79.4 cm³/mol. The molecule has 2 aromatic rings. The van der Waals surface area contributed by atoms with Crippen LogP contribution >= 0.6 is 23.1 Å². The summed E-state index contributed by atoms with van der Waals surface area (Å²) in [6.07, 6.45) is 4.27. The molecule has 0 spiro atoms. The van der Waals surface area contributed by atoms with E-state index in [1.807, 2.05) is 6.92 Å². The van der Waals surface area contributed by atoms with E-state index in [-0.39, 0.29) is 11.2 Å². The van der Waals surface area contributed by atoms with Crippen molar-refractivity contribution in [2.24, 2.45) is 0 Å². The first-order valence-corrected chi connectivity index (χ1v) is 8.54. The molecule has 1 saturated heterocycles. The number of aromatic nitrogens is 2. The number of thioether (sulfide) groups is 1. The molecular weight excluding hydrogens is 292 g/mol. The third-order valence-electron chi connectivity index (χ3n) is 3.78. The van der Waals surface area contributed by atoms with Crippen LogP contribution in [0.3, 0.4) is 0 Å². The molecule has 0 aromatic carbocycles. The van der Waals surface area contributed by atoms with Crippen molar-refractivity contribution in [3.05, 3.63) is 16.3 Å². The summed E-state index contributed by atoms with van der Waals surface area (Å²) in [6.45, 7) is 2.45. The van der Waals surface area contributed by atoms with Crippen molar-refractivity contribution in [2.45, 2.75) is 42.9 Å². The van der Waals surface area contributed by atoms with Gasteiger partial charge in [-0.2, -0.15) is 0 Å². The van der Waals surface area contributed by atoms with Gasteiger partial charge in [0.05, 0.1) is 6.61 Å². The lowest BCUT2D eigenvalue weighted by molar-refractivity contribution is -0.137. The minimum absolute atomic E-state index is 0.105. The third-order valence-corrected chi connectivity index (χ3v) is 6.20. The van der Waals surface area contributed by atoms with E-state index >= 15 is 0 Å². The fourth-order valence-corrected chi connectivity index (χ4v) is 5.41. The smallest absolute Gasteiger partial charge is 0.319 e. The van der Waals surface area contributed by atoms with Crippen LogP contribution in [-0.2, 0) is 22.4 Å². The number of hydrogen-bond acceptors (Lipinski definition) is 6. The molecule has 0 saturated carbocycles. The molecule has 1 aliphatic heterocycles. The molecular formula is C14H14N2O2S2. The summed E-state index contributed by atoms with van der Waals surface area (Å²) in [5.41, 5.74) is 1.42. The first-order chi connectivity index (χ1) is 9.72. The molecule has 1 fully saturated rings. The summed E-state index contributed by atoms with van der Waals surface area (Å²) >= 11 is 3.35. The number of carbonyl (C=O) groups excluding carboxylic acids is 1. The van der Waals surface area contributed by atoms with E-state index in [1.165, 1.54) is 22.2 Å². The quantitative estimate of drug-likeness (QED) is 0.631. The van der Waals surface area contributed by atoms with Gasteiger partial charge in [0.25, 0.3) is 0 Å². The molecule has 6 heteroatoms. The van der Waals surface area contributed by atoms with Crippen LogP contribution in [-0.4, -0.2) is 27.8 Å². The second kappa shape index (κ2) is 4.70. The summed E-state index contributed by atoms with van der Waals surface area (Å²) in [6, 6.07) is 0. The van der Waals surface area contributed by atoms with Gasteiger partial charge in [-0.05, 0) is 31.7 Å². The maximum atomic E-state index is 11.7. The van der Waals surface area contributed by atoms with Crippen molar-refractivity contribution < 1.29 is 9.53 Å². The molecule has 2 aliphatic rings. The first kappa shape index (κ1) is 12.6. The van der Waals surface area contributed by atoms with Gasteiger partial charge in [-0.1, -0.05) is 11.8 Å². The average molecular weight is 306 g/mol. The number of thiophene rings is 1. The van der Waals surface area contributed by atoms with Gasteiger partial charge in [-0.15, -0.1) is 11.3 Å². The van der Waals surface area contributed by atoms with Crippen LogP contribution in [0.2, 0.25) is 0 Å². The van der Waals surface area contributed by atoms with Crippen molar-refractivity contribution in [1.29, 1.82) is 0 Å². The zero-order valence-corrected chi connectivity index (χ0v) is 12.8. The van der Waals surface area contributed by atoms with Gasteiger partial charge in [0.15, 0.2) is 0 Å². The summed E-state index contributed by atoms with van der Waals surface area (Å²) in [5, 5.41) is 2.05. The molecule has 3 heterocycles. The zero-order chi connectivity index (χ0) is 13.7. The Morgan fingerprint density at radius 1 is 1.35 bits per heavy atom. The standard InChI is InChI=1S/C14H14N2O2S2/c1-7-15-12-11(8-3-2-4-9(8)19-12)13(16-7)20-10-5-6-18-14(10)17/h10H,2-6H2,1H3/t10-/m1/s1. The van der Waals surface area contributed by atoms with Gasteiger partial charge in [-0.25, -0.2) is 9.97 Å². The maximum Gasteiger partial charge on any atom is 0.319 e. The van der Waals surface area contributed by atoms with E-state index in [2.05, 4.69) is 9.97 Å². The normalized spacial score (nSPS) is 21.4. The van der Waals surface area contributed by atoms with Crippen LogP contribution in [0, 0.1) is 6.92 Å². The Kier molecular flexibility index (Phi) is 2.96. The third kappa shape index (κ3) is 1.93. The lowest BCUT2D eigenvalue weighted by atomic mass is 10.2. The Hall–Kier alpha value is -1.14. The van der Waals surface area contributed by atoms with E-state index in [9.17, 15) is 4.79 Å². The molecule has 104 valence electrons. The molecule has 4 nitrogen and oxygen atoms in total. The fourth-order valence-electron chi connectivity index (χ4n) is 2.87. The second-order valence-electron chi connectivity index (χ2n) is 5.18. The van der Waals surface area contributed by atoms with Crippen molar-refractivity contribution in [2.75, 3.05) is 6.61 Å². The van der Waals surface area contributed by atoms with E-state index in [0.29, 0.717) is 6.61 Å². The number of rotatable bonds is 2. The van der Waals surface area contributed by atoms with Gasteiger partial charge >= 0.3 is 5.97 Å². The van der Waals surface area contributed by atoms with Crippen LogP contribution in [0.1, 0.15) is 29.1 Å². The molecule has 0 amide bonds. The lowest BCUT2D eigenvalue weighted by Gasteiger charge is -2.08. The molecule has 4 rings (SSSR count). The van der Waals surface area contributed by atoms with E-state index in [0.717, 1.165) is 34.9 Å². The Balaban J connectivity index is 1.83. The molecule has 0 unspecified atom stereocenters. The van der Waals surface area contributed by atoms with E-state index in [1.54, 1.807) is 23.1 Å². The van der Waals surface area contributed by atoms with E-state index in [4.69, 9.17) is 4.74 Å². The Morgan fingerprint density at radius 2 is 2.25 bits per heavy atom.